The Morgan fingerprint density at radius 3 is 2.33 bits per heavy atom. The van der Waals surface area contributed by atoms with Crippen molar-refractivity contribution in [1.29, 1.82) is 0 Å². The van der Waals surface area contributed by atoms with Gasteiger partial charge in [0.2, 0.25) is 0 Å². The van der Waals surface area contributed by atoms with E-state index in [1.54, 1.807) is 0 Å². The molecule has 0 spiro atoms. The molecular formula is C16H32N2O2S. The molecule has 2 aliphatic rings. The maximum Gasteiger partial charge on any atom is 0.150 e. The highest BCUT2D eigenvalue weighted by Crippen LogP contribution is 2.28. The van der Waals surface area contributed by atoms with Gasteiger partial charge in [0, 0.05) is 38.5 Å². The average molecular weight is 317 g/mol. The first-order valence-corrected chi connectivity index (χ1v) is 10.5. The Morgan fingerprint density at radius 2 is 1.76 bits per heavy atom. The van der Waals surface area contributed by atoms with Gasteiger partial charge < -0.3 is 4.90 Å². The lowest BCUT2D eigenvalue weighted by molar-refractivity contribution is 0.0774. The molecule has 2 fully saturated rings. The number of piperazine rings is 1. The minimum atomic E-state index is -2.86. The highest BCUT2D eigenvalue weighted by Gasteiger charge is 2.33. The quantitative estimate of drug-likeness (QED) is 0.778. The fraction of sp³-hybridized carbons (Fsp3) is 1.00. The van der Waals surface area contributed by atoms with Crippen LogP contribution in [0.5, 0.6) is 0 Å². The highest BCUT2D eigenvalue weighted by molar-refractivity contribution is 7.91. The molecule has 0 aromatic rings. The summed E-state index contributed by atoms with van der Waals surface area (Å²) in [4.78, 5) is 5.11. The van der Waals surface area contributed by atoms with Gasteiger partial charge in [0.25, 0.3) is 0 Å². The van der Waals surface area contributed by atoms with Crippen LogP contribution in [-0.4, -0.2) is 68.5 Å². The van der Waals surface area contributed by atoms with Crippen molar-refractivity contribution in [1.82, 2.24) is 9.80 Å². The zero-order valence-electron chi connectivity index (χ0n) is 13.9. The van der Waals surface area contributed by atoms with Gasteiger partial charge in [-0.15, -0.1) is 0 Å². The Balaban J connectivity index is 1.79. The van der Waals surface area contributed by atoms with E-state index in [4.69, 9.17) is 0 Å². The van der Waals surface area contributed by atoms with Crippen LogP contribution in [0.15, 0.2) is 0 Å². The molecule has 1 saturated carbocycles. The predicted octanol–water partition coefficient (Wildman–Crippen LogP) is 2.01. The van der Waals surface area contributed by atoms with E-state index in [1.165, 1.54) is 25.6 Å². The van der Waals surface area contributed by atoms with Crippen molar-refractivity contribution < 1.29 is 8.42 Å². The number of rotatable bonds is 5. The Labute approximate surface area is 130 Å². The molecular weight excluding hydrogens is 284 g/mol. The van der Waals surface area contributed by atoms with Crippen LogP contribution >= 0.6 is 0 Å². The molecule has 1 aliphatic heterocycles. The maximum absolute atomic E-state index is 11.8. The van der Waals surface area contributed by atoms with Gasteiger partial charge in [-0.25, -0.2) is 8.42 Å². The fourth-order valence-corrected chi connectivity index (χ4v) is 4.80. The normalized spacial score (nSPS) is 29.9. The van der Waals surface area contributed by atoms with Crippen LogP contribution in [0.1, 0.15) is 46.0 Å². The minimum Gasteiger partial charge on any atom is -0.301 e. The van der Waals surface area contributed by atoms with Crippen molar-refractivity contribution in [2.24, 2.45) is 5.92 Å². The SMILES string of the molecule is CC(C)CCN1CCN(C2CCCC(S(C)(=O)=O)C2)CC1. The van der Waals surface area contributed by atoms with Gasteiger partial charge in [-0.05, 0) is 38.1 Å². The van der Waals surface area contributed by atoms with Crippen LogP contribution in [0.2, 0.25) is 0 Å². The third kappa shape index (κ3) is 5.22. The summed E-state index contributed by atoms with van der Waals surface area (Å²) in [5.74, 6) is 0.775. The smallest absolute Gasteiger partial charge is 0.150 e. The van der Waals surface area contributed by atoms with E-state index in [-0.39, 0.29) is 5.25 Å². The number of hydrogen-bond donors (Lipinski definition) is 0. The van der Waals surface area contributed by atoms with Crippen molar-refractivity contribution in [3.63, 3.8) is 0 Å². The highest BCUT2D eigenvalue weighted by atomic mass is 32.2. The molecule has 1 heterocycles. The van der Waals surface area contributed by atoms with E-state index in [2.05, 4.69) is 23.6 Å². The first-order chi connectivity index (χ1) is 9.86. The average Bonchev–Trinajstić information content (AvgIpc) is 2.45. The first-order valence-electron chi connectivity index (χ1n) is 8.51. The fourth-order valence-electron chi connectivity index (χ4n) is 3.63. The van der Waals surface area contributed by atoms with E-state index in [0.29, 0.717) is 6.04 Å². The second-order valence-corrected chi connectivity index (χ2v) is 9.66. The number of hydrogen-bond acceptors (Lipinski definition) is 4. The standard InChI is InChI=1S/C16H32N2O2S/c1-14(2)7-8-17-9-11-18(12-10-17)15-5-4-6-16(13-15)21(3,19)20/h14-16H,4-13H2,1-3H3. The van der Waals surface area contributed by atoms with Gasteiger partial charge in [0.1, 0.15) is 9.84 Å². The predicted molar refractivity (Wildman–Crippen MR) is 88.4 cm³/mol. The monoisotopic (exact) mass is 316 g/mol. The Kier molecular flexibility index (Phi) is 6.09. The maximum atomic E-state index is 11.8. The second-order valence-electron chi connectivity index (χ2n) is 7.33. The molecule has 0 bridgehead atoms. The largest absolute Gasteiger partial charge is 0.301 e. The third-order valence-electron chi connectivity index (χ3n) is 5.15. The van der Waals surface area contributed by atoms with Crippen LogP contribution in [0.25, 0.3) is 0 Å². The molecule has 0 amide bonds. The van der Waals surface area contributed by atoms with Crippen LogP contribution in [0.4, 0.5) is 0 Å². The molecule has 2 rings (SSSR count). The van der Waals surface area contributed by atoms with E-state index in [0.717, 1.165) is 51.4 Å². The zero-order chi connectivity index (χ0) is 15.5. The molecule has 124 valence electrons. The first kappa shape index (κ1) is 17.2. The molecule has 0 aromatic heterocycles. The molecule has 2 atom stereocenters. The molecule has 2 unspecified atom stereocenters. The molecule has 0 N–H and O–H groups in total. The van der Waals surface area contributed by atoms with E-state index >= 15 is 0 Å². The summed E-state index contributed by atoms with van der Waals surface area (Å²) in [5.41, 5.74) is 0. The van der Waals surface area contributed by atoms with Crippen molar-refractivity contribution in [3.8, 4) is 0 Å². The molecule has 5 heteroatoms. The molecule has 0 radical (unpaired) electrons. The number of nitrogens with zero attached hydrogens (tertiary/aromatic N) is 2. The van der Waals surface area contributed by atoms with E-state index in [9.17, 15) is 8.42 Å². The summed E-state index contributed by atoms with van der Waals surface area (Å²) in [7, 11) is -2.86. The summed E-state index contributed by atoms with van der Waals surface area (Å²) >= 11 is 0. The van der Waals surface area contributed by atoms with Gasteiger partial charge in [-0.3, -0.25) is 4.90 Å². The summed E-state index contributed by atoms with van der Waals surface area (Å²) in [6.45, 7) is 10.3. The van der Waals surface area contributed by atoms with Gasteiger partial charge >= 0.3 is 0 Å². The van der Waals surface area contributed by atoms with Gasteiger partial charge in [0.05, 0.1) is 5.25 Å². The van der Waals surface area contributed by atoms with Gasteiger partial charge in [0.15, 0.2) is 0 Å². The van der Waals surface area contributed by atoms with E-state index < -0.39 is 9.84 Å². The summed E-state index contributed by atoms with van der Waals surface area (Å²) < 4.78 is 23.6. The van der Waals surface area contributed by atoms with Crippen molar-refractivity contribution in [2.75, 3.05) is 39.0 Å². The summed E-state index contributed by atoms with van der Waals surface area (Å²) in [5, 5.41) is -0.102. The summed E-state index contributed by atoms with van der Waals surface area (Å²) in [6, 6.07) is 0.491. The summed E-state index contributed by atoms with van der Waals surface area (Å²) in [6.07, 6.45) is 6.64. The molecule has 1 aliphatic carbocycles. The Hall–Kier alpha value is -0.130. The van der Waals surface area contributed by atoms with Crippen molar-refractivity contribution in [3.05, 3.63) is 0 Å². The van der Waals surface area contributed by atoms with Crippen molar-refractivity contribution >= 4 is 9.84 Å². The minimum absolute atomic E-state index is 0.102. The lowest BCUT2D eigenvalue weighted by Gasteiger charge is -2.42. The Morgan fingerprint density at radius 1 is 1.10 bits per heavy atom. The third-order valence-corrected chi connectivity index (χ3v) is 6.79. The van der Waals surface area contributed by atoms with Crippen LogP contribution in [-0.2, 0) is 9.84 Å². The van der Waals surface area contributed by atoms with Gasteiger partial charge in [-0.1, -0.05) is 20.3 Å². The lowest BCUT2D eigenvalue weighted by atomic mass is 9.93. The second kappa shape index (κ2) is 7.42. The molecule has 1 saturated heterocycles. The van der Waals surface area contributed by atoms with Gasteiger partial charge in [-0.2, -0.15) is 0 Å². The Bertz CT molecular complexity index is 414. The topological polar surface area (TPSA) is 40.6 Å². The molecule has 0 aromatic carbocycles. The van der Waals surface area contributed by atoms with Crippen LogP contribution in [0, 0.1) is 5.92 Å². The molecule has 4 nitrogen and oxygen atoms in total. The number of sulfone groups is 1. The van der Waals surface area contributed by atoms with Crippen LogP contribution in [0.3, 0.4) is 0 Å². The van der Waals surface area contributed by atoms with Crippen LogP contribution < -0.4 is 0 Å². The lowest BCUT2D eigenvalue weighted by Crippen LogP contribution is -2.52. The van der Waals surface area contributed by atoms with Crippen molar-refractivity contribution in [2.45, 2.75) is 57.2 Å². The van der Waals surface area contributed by atoms with E-state index in [1.807, 2.05) is 0 Å². The molecule has 21 heavy (non-hydrogen) atoms. The zero-order valence-corrected chi connectivity index (χ0v) is 14.7.